The van der Waals surface area contributed by atoms with Gasteiger partial charge in [0.25, 0.3) is 5.56 Å². The van der Waals surface area contributed by atoms with Crippen LogP contribution < -0.4 is 5.56 Å². The number of rotatable bonds is 9. The number of carbonyl (C=O) groups is 1. The number of para-hydroxylation sites is 1. The minimum absolute atomic E-state index is 0.0558. The summed E-state index contributed by atoms with van der Waals surface area (Å²) in [5.74, 6) is 0.884. The fourth-order valence-corrected chi connectivity index (χ4v) is 5.43. The highest BCUT2D eigenvalue weighted by Gasteiger charge is 2.21. The van der Waals surface area contributed by atoms with Crippen molar-refractivity contribution in [3.63, 3.8) is 0 Å². The fourth-order valence-electron chi connectivity index (χ4n) is 4.47. The maximum Gasteiger partial charge on any atom is 0.262 e. The van der Waals surface area contributed by atoms with Crippen LogP contribution in [0.15, 0.2) is 70.6 Å². The summed E-state index contributed by atoms with van der Waals surface area (Å²) in [7, 11) is 0. The van der Waals surface area contributed by atoms with Crippen LogP contribution >= 0.6 is 11.8 Å². The predicted octanol–water partition coefficient (Wildman–Crippen LogP) is 6.45. The van der Waals surface area contributed by atoms with Crippen LogP contribution in [0.25, 0.3) is 10.9 Å². The molecule has 0 unspecified atom stereocenters. The summed E-state index contributed by atoms with van der Waals surface area (Å²) in [5, 5.41) is 1.15. The largest absolute Gasteiger partial charge is 0.348 e. The molecular formula is C29H33N3O2S. The minimum Gasteiger partial charge on any atom is -0.348 e. The number of hydrogen-bond acceptors (Lipinski definition) is 4. The van der Waals surface area contributed by atoms with Crippen LogP contribution in [0, 0.1) is 19.8 Å². The second kappa shape index (κ2) is 10.6. The van der Waals surface area contributed by atoms with Gasteiger partial charge in [0.2, 0.25) is 0 Å². The quantitative estimate of drug-likeness (QED) is 0.155. The lowest BCUT2D eigenvalue weighted by Gasteiger charge is -2.20. The molecule has 2 heterocycles. The number of thioether (sulfide) groups is 1. The molecule has 5 nitrogen and oxygen atoms in total. The van der Waals surface area contributed by atoms with E-state index in [1.165, 1.54) is 11.8 Å². The van der Waals surface area contributed by atoms with E-state index in [-0.39, 0.29) is 23.1 Å². The molecule has 0 radical (unpaired) electrons. The van der Waals surface area contributed by atoms with Gasteiger partial charge in [0.15, 0.2) is 10.9 Å². The average molecular weight is 488 g/mol. The second-order valence-electron chi connectivity index (χ2n) is 9.50. The zero-order valence-electron chi connectivity index (χ0n) is 21.1. The molecule has 4 rings (SSSR count). The van der Waals surface area contributed by atoms with Crippen LogP contribution in [0.2, 0.25) is 0 Å². The number of nitrogens with zero attached hydrogens (tertiary/aromatic N) is 3. The number of aryl methyl sites for hydroxylation is 1. The number of ketones is 1. The molecule has 0 N–H and O–H groups in total. The molecule has 0 saturated carbocycles. The SMILES string of the molecule is Cc1cc(C(=O)CSc2nc3ccccc3c(=O)n2[C@H](C)c2ccccc2)c(C)n1CCC(C)C. The van der Waals surface area contributed by atoms with E-state index in [2.05, 4.69) is 25.3 Å². The monoisotopic (exact) mass is 487 g/mol. The second-order valence-corrected chi connectivity index (χ2v) is 10.4. The number of hydrogen-bond donors (Lipinski definition) is 0. The molecule has 0 fully saturated rings. The molecule has 0 aliphatic heterocycles. The Morgan fingerprint density at radius 1 is 1.00 bits per heavy atom. The van der Waals surface area contributed by atoms with Crippen LogP contribution in [-0.2, 0) is 6.54 Å². The molecule has 182 valence electrons. The summed E-state index contributed by atoms with van der Waals surface area (Å²) in [5.41, 5.74) is 4.45. The van der Waals surface area contributed by atoms with Crippen molar-refractivity contribution in [2.45, 2.75) is 58.8 Å². The Bertz CT molecular complexity index is 1400. The smallest absolute Gasteiger partial charge is 0.262 e. The standard InChI is InChI=1S/C29H33N3O2S/c1-19(2)15-16-31-20(3)17-25(22(31)5)27(33)18-35-29-30-26-14-10-9-13-24(26)28(34)32(29)21(4)23-11-7-6-8-12-23/h6-14,17,19,21H,15-16,18H2,1-5H3/t21-/m1/s1. The molecule has 2 aromatic heterocycles. The number of Topliss-reactive ketones (excluding diaryl/α,β-unsaturated/α-hetero) is 1. The van der Waals surface area contributed by atoms with Gasteiger partial charge in [0, 0.05) is 23.5 Å². The summed E-state index contributed by atoms with van der Waals surface area (Å²) in [4.78, 5) is 31.6. The van der Waals surface area contributed by atoms with Gasteiger partial charge < -0.3 is 4.57 Å². The predicted molar refractivity (Wildman–Crippen MR) is 145 cm³/mol. The van der Waals surface area contributed by atoms with E-state index >= 15 is 0 Å². The lowest BCUT2D eigenvalue weighted by molar-refractivity contribution is 0.102. The van der Waals surface area contributed by atoms with Gasteiger partial charge in [-0.05, 0) is 56.9 Å². The minimum atomic E-state index is -0.209. The number of carbonyl (C=O) groups excluding carboxylic acids is 1. The first-order valence-corrected chi connectivity index (χ1v) is 13.2. The molecule has 4 aromatic rings. The maximum absolute atomic E-state index is 13.5. The normalized spacial score (nSPS) is 12.4. The summed E-state index contributed by atoms with van der Waals surface area (Å²) in [6.45, 7) is 11.4. The Morgan fingerprint density at radius 3 is 2.40 bits per heavy atom. The number of aromatic nitrogens is 3. The van der Waals surface area contributed by atoms with E-state index in [0.717, 1.165) is 35.5 Å². The fraction of sp³-hybridized carbons (Fsp3) is 0.345. The molecule has 0 saturated heterocycles. The topological polar surface area (TPSA) is 56.9 Å². The third kappa shape index (κ3) is 5.27. The first-order chi connectivity index (χ1) is 16.8. The van der Waals surface area contributed by atoms with Crippen LogP contribution in [0.5, 0.6) is 0 Å². The summed E-state index contributed by atoms with van der Waals surface area (Å²) >= 11 is 1.34. The van der Waals surface area contributed by atoms with Gasteiger partial charge in [-0.25, -0.2) is 4.98 Å². The Hall–Kier alpha value is -3.12. The lowest BCUT2D eigenvalue weighted by Crippen LogP contribution is -2.27. The van der Waals surface area contributed by atoms with E-state index in [0.29, 0.717) is 22.0 Å². The van der Waals surface area contributed by atoms with E-state index in [1.807, 2.05) is 74.5 Å². The number of fused-ring (bicyclic) bond motifs is 1. The first kappa shape index (κ1) is 25.0. The number of benzene rings is 2. The van der Waals surface area contributed by atoms with Crippen LogP contribution in [0.3, 0.4) is 0 Å². The third-order valence-corrected chi connectivity index (χ3v) is 7.53. The molecule has 1 atom stereocenters. The molecule has 0 aliphatic rings. The average Bonchev–Trinajstić information content (AvgIpc) is 3.14. The Kier molecular flexibility index (Phi) is 7.60. The molecule has 6 heteroatoms. The highest BCUT2D eigenvalue weighted by molar-refractivity contribution is 7.99. The third-order valence-electron chi connectivity index (χ3n) is 6.58. The van der Waals surface area contributed by atoms with E-state index in [1.54, 1.807) is 4.57 Å². The lowest BCUT2D eigenvalue weighted by atomic mass is 10.1. The van der Waals surface area contributed by atoms with E-state index in [4.69, 9.17) is 4.98 Å². The molecule has 35 heavy (non-hydrogen) atoms. The van der Waals surface area contributed by atoms with Crippen molar-refractivity contribution in [1.82, 2.24) is 14.1 Å². The molecule has 0 aliphatic carbocycles. The zero-order chi connectivity index (χ0) is 25.1. The van der Waals surface area contributed by atoms with Crippen LogP contribution in [0.1, 0.15) is 60.5 Å². The highest BCUT2D eigenvalue weighted by Crippen LogP contribution is 2.26. The van der Waals surface area contributed by atoms with Gasteiger partial charge in [-0.2, -0.15) is 0 Å². The zero-order valence-corrected chi connectivity index (χ0v) is 21.9. The molecule has 2 aromatic carbocycles. The van der Waals surface area contributed by atoms with Crippen molar-refractivity contribution in [2.24, 2.45) is 5.92 Å². The van der Waals surface area contributed by atoms with Crippen molar-refractivity contribution >= 4 is 28.4 Å². The van der Waals surface area contributed by atoms with Crippen molar-refractivity contribution in [2.75, 3.05) is 5.75 Å². The Labute approximate surface area is 211 Å². The van der Waals surface area contributed by atoms with Crippen LogP contribution in [-0.4, -0.2) is 25.7 Å². The van der Waals surface area contributed by atoms with Crippen molar-refractivity contribution < 1.29 is 4.79 Å². The summed E-state index contributed by atoms with van der Waals surface area (Å²) in [6.07, 6.45) is 1.07. The Balaban J connectivity index is 1.66. The van der Waals surface area contributed by atoms with Gasteiger partial charge in [0.1, 0.15) is 0 Å². The van der Waals surface area contributed by atoms with E-state index in [9.17, 15) is 9.59 Å². The van der Waals surface area contributed by atoms with Gasteiger partial charge in [0.05, 0.1) is 22.7 Å². The maximum atomic E-state index is 13.5. The van der Waals surface area contributed by atoms with E-state index < -0.39 is 0 Å². The molecule has 0 spiro atoms. The molecule has 0 amide bonds. The van der Waals surface area contributed by atoms with Gasteiger partial charge in [-0.3, -0.25) is 14.2 Å². The van der Waals surface area contributed by atoms with Crippen molar-refractivity contribution in [3.8, 4) is 0 Å². The molecule has 0 bridgehead atoms. The van der Waals surface area contributed by atoms with Crippen LogP contribution in [0.4, 0.5) is 0 Å². The highest BCUT2D eigenvalue weighted by atomic mass is 32.2. The summed E-state index contributed by atoms with van der Waals surface area (Å²) in [6, 6.07) is 19.1. The molecular weight excluding hydrogens is 454 g/mol. The van der Waals surface area contributed by atoms with Crippen molar-refractivity contribution in [3.05, 3.63) is 93.5 Å². The first-order valence-electron chi connectivity index (χ1n) is 12.2. The Morgan fingerprint density at radius 2 is 1.69 bits per heavy atom. The van der Waals surface area contributed by atoms with Gasteiger partial charge >= 0.3 is 0 Å². The van der Waals surface area contributed by atoms with Gasteiger partial charge in [-0.1, -0.05) is 68.1 Å². The van der Waals surface area contributed by atoms with Crippen molar-refractivity contribution in [1.29, 1.82) is 0 Å². The summed E-state index contributed by atoms with van der Waals surface area (Å²) < 4.78 is 3.96. The van der Waals surface area contributed by atoms with Gasteiger partial charge in [-0.15, -0.1) is 0 Å².